The minimum Gasteiger partial charge on any atom is -0.396 e. The van der Waals surface area contributed by atoms with E-state index in [2.05, 4.69) is 0 Å². The number of hydrogen-bond acceptors (Lipinski definition) is 3. The van der Waals surface area contributed by atoms with Gasteiger partial charge in [-0.25, -0.2) is 4.39 Å². The van der Waals surface area contributed by atoms with E-state index in [0.29, 0.717) is 6.42 Å². The molecule has 4 nitrogen and oxygen atoms in total. The van der Waals surface area contributed by atoms with Crippen LogP contribution in [0.5, 0.6) is 0 Å². The zero-order chi connectivity index (χ0) is 12.6. The lowest BCUT2D eigenvalue weighted by molar-refractivity contribution is -0.114. The van der Waals surface area contributed by atoms with E-state index in [1.807, 2.05) is 0 Å². The molecule has 17 heavy (non-hydrogen) atoms. The van der Waals surface area contributed by atoms with E-state index in [4.69, 9.17) is 16.7 Å². The van der Waals surface area contributed by atoms with Gasteiger partial charge >= 0.3 is 0 Å². The lowest BCUT2D eigenvalue weighted by atomic mass is 10.1. The van der Waals surface area contributed by atoms with Crippen molar-refractivity contribution < 1.29 is 19.1 Å². The molecule has 2 rings (SSSR count). The van der Waals surface area contributed by atoms with Crippen molar-refractivity contribution in [3.63, 3.8) is 0 Å². The molecule has 6 heteroatoms. The molecule has 1 aliphatic rings. The number of nitrogens with zero attached hydrogens (tertiary/aromatic N) is 1. The molecule has 1 aromatic rings. The number of benzene rings is 1. The highest BCUT2D eigenvalue weighted by molar-refractivity contribution is 6.52. The van der Waals surface area contributed by atoms with E-state index < -0.39 is 17.5 Å². The van der Waals surface area contributed by atoms with Gasteiger partial charge in [0, 0.05) is 13.2 Å². The molecular weight excluding hydrogens is 249 g/mol. The average molecular weight is 258 g/mol. The Balaban J connectivity index is 2.45. The van der Waals surface area contributed by atoms with E-state index in [1.165, 1.54) is 0 Å². The average Bonchev–Trinajstić information content (AvgIpc) is 2.52. The maximum absolute atomic E-state index is 13.3. The van der Waals surface area contributed by atoms with E-state index in [9.17, 15) is 14.0 Å². The van der Waals surface area contributed by atoms with Crippen LogP contribution < -0.4 is 4.90 Å². The second-order valence-corrected chi connectivity index (χ2v) is 4.05. The number of carbonyl (C=O) groups is 2. The molecule has 1 N–H and O–H groups in total. The number of aliphatic hydroxyl groups excluding tert-OH is 1. The van der Waals surface area contributed by atoms with E-state index >= 15 is 0 Å². The number of amides is 1. The number of aliphatic hydroxyl groups is 1. The molecule has 0 radical (unpaired) electrons. The Morgan fingerprint density at radius 1 is 1.35 bits per heavy atom. The molecule has 0 unspecified atom stereocenters. The number of ketones is 1. The number of hydrogen-bond donors (Lipinski definition) is 1. The predicted octanol–water partition coefficient (Wildman–Crippen LogP) is 1.39. The molecule has 1 aliphatic heterocycles. The van der Waals surface area contributed by atoms with Gasteiger partial charge in [-0.15, -0.1) is 0 Å². The maximum Gasteiger partial charge on any atom is 0.299 e. The minimum absolute atomic E-state index is 0.108. The highest BCUT2D eigenvalue weighted by Crippen LogP contribution is 2.33. The second kappa shape index (κ2) is 4.43. The number of halogens is 2. The Morgan fingerprint density at radius 2 is 2.06 bits per heavy atom. The van der Waals surface area contributed by atoms with Crippen LogP contribution in [0.25, 0.3) is 0 Å². The first-order valence-corrected chi connectivity index (χ1v) is 5.40. The molecule has 1 heterocycles. The van der Waals surface area contributed by atoms with Gasteiger partial charge in [-0.1, -0.05) is 11.6 Å². The Morgan fingerprint density at radius 3 is 2.71 bits per heavy atom. The first-order valence-electron chi connectivity index (χ1n) is 5.02. The highest BCUT2D eigenvalue weighted by atomic mass is 35.5. The van der Waals surface area contributed by atoms with Gasteiger partial charge in [0.15, 0.2) is 0 Å². The molecule has 0 atom stereocenters. The third kappa shape index (κ3) is 1.92. The van der Waals surface area contributed by atoms with Crippen molar-refractivity contribution in [3.8, 4) is 0 Å². The van der Waals surface area contributed by atoms with Gasteiger partial charge in [0.1, 0.15) is 5.82 Å². The molecule has 0 aromatic heterocycles. The summed E-state index contributed by atoms with van der Waals surface area (Å²) in [5.41, 5.74) is 0.328. The fourth-order valence-electron chi connectivity index (χ4n) is 1.74. The van der Waals surface area contributed by atoms with Crippen LogP contribution >= 0.6 is 11.6 Å². The number of fused-ring (bicyclic) bond motifs is 1. The number of Topliss-reactive ketones (excluding diaryl/α,β-unsaturated/α-hetero) is 1. The van der Waals surface area contributed by atoms with E-state index in [0.717, 1.165) is 17.0 Å². The summed E-state index contributed by atoms with van der Waals surface area (Å²) in [6.45, 7) is 0.0680. The van der Waals surface area contributed by atoms with E-state index in [-0.39, 0.29) is 29.4 Å². The van der Waals surface area contributed by atoms with Crippen LogP contribution in [-0.2, 0) is 4.79 Å². The van der Waals surface area contributed by atoms with Gasteiger partial charge in [-0.05, 0) is 18.6 Å². The normalized spacial score (nSPS) is 14.4. The molecular formula is C11H9ClFNO3. The summed E-state index contributed by atoms with van der Waals surface area (Å²) < 4.78 is 13.3. The zero-order valence-corrected chi connectivity index (χ0v) is 9.50. The van der Waals surface area contributed by atoms with Gasteiger partial charge in [0.05, 0.1) is 16.3 Å². The van der Waals surface area contributed by atoms with Crippen LogP contribution in [0.15, 0.2) is 12.1 Å². The molecule has 0 saturated heterocycles. The standard InChI is InChI=1S/C11H9ClFNO3/c12-7-4-6-9(5-8(7)13)14(2-1-3-15)11(17)10(6)16/h4-5,15H,1-3H2. The molecule has 0 saturated carbocycles. The van der Waals surface area contributed by atoms with Crippen molar-refractivity contribution in [2.75, 3.05) is 18.1 Å². The van der Waals surface area contributed by atoms with Crippen LogP contribution in [0.2, 0.25) is 5.02 Å². The molecule has 1 aromatic carbocycles. The molecule has 1 amide bonds. The van der Waals surface area contributed by atoms with Gasteiger partial charge < -0.3 is 10.0 Å². The van der Waals surface area contributed by atoms with Crippen LogP contribution in [-0.4, -0.2) is 29.9 Å². The summed E-state index contributed by atoms with van der Waals surface area (Å²) in [4.78, 5) is 24.4. The molecule has 0 bridgehead atoms. The number of carbonyl (C=O) groups excluding carboxylic acids is 2. The van der Waals surface area contributed by atoms with Crippen molar-refractivity contribution >= 4 is 29.0 Å². The lowest BCUT2D eigenvalue weighted by Gasteiger charge is -2.15. The summed E-state index contributed by atoms with van der Waals surface area (Å²) in [6, 6.07) is 2.23. The topological polar surface area (TPSA) is 57.6 Å². The van der Waals surface area contributed by atoms with Crippen molar-refractivity contribution in [3.05, 3.63) is 28.5 Å². The Kier molecular flexibility index (Phi) is 3.13. The van der Waals surface area contributed by atoms with E-state index in [1.54, 1.807) is 0 Å². The third-order valence-electron chi connectivity index (χ3n) is 2.55. The van der Waals surface area contributed by atoms with Crippen molar-refractivity contribution in [1.82, 2.24) is 0 Å². The van der Waals surface area contributed by atoms with Gasteiger partial charge in [0.2, 0.25) is 0 Å². The van der Waals surface area contributed by atoms with Crippen LogP contribution in [0.1, 0.15) is 16.8 Å². The molecule has 0 fully saturated rings. The third-order valence-corrected chi connectivity index (χ3v) is 2.84. The summed E-state index contributed by atoms with van der Waals surface area (Å²) in [7, 11) is 0. The van der Waals surface area contributed by atoms with Gasteiger partial charge in [-0.3, -0.25) is 9.59 Å². The summed E-state index contributed by atoms with van der Waals surface area (Å²) in [5, 5.41) is 8.52. The monoisotopic (exact) mass is 257 g/mol. The number of rotatable bonds is 3. The van der Waals surface area contributed by atoms with Gasteiger partial charge in [0.25, 0.3) is 11.7 Å². The maximum atomic E-state index is 13.3. The molecule has 90 valence electrons. The fraction of sp³-hybridized carbons (Fsp3) is 0.273. The Bertz CT molecular complexity index is 504. The van der Waals surface area contributed by atoms with Crippen molar-refractivity contribution in [2.45, 2.75) is 6.42 Å². The molecule has 0 aliphatic carbocycles. The first kappa shape index (κ1) is 12.0. The highest BCUT2D eigenvalue weighted by Gasteiger charge is 2.36. The summed E-state index contributed by atoms with van der Waals surface area (Å²) in [5.74, 6) is -2.09. The SMILES string of the molecule is O=C1C(=O)N(CCCO)c2cc(F)c(Cl)cc21. The first-order chi connectivity index (χ1) is 8.06. The Hall–Kier alpha value is -1.46. The van der Waals surface area contributed by atoms with Crippen LogP contribution in [0, 0.1) is 5.82 Å². The predicted molar refractivity (Wildman–Crippen MR) is 59.8 cm³/mol. The zero-order valence-electron chi connectivity index (χ0n) is 8.74. The quantitative estimate of drug-likeness (QED) is 0.833. The van der Waals surface area contributed by atoms with Crippen LogP contribution in [0.4, 0.5) is 10.1 Å². The van der Waals surface area contributed by atoms with Crippen LogP contribution in [0.3, 0.4) is 0 Å². The fourth-order valence-corrected chi connectivity index (χ4v) is 1.90. The minimum atomic E-state index is -0.713. The van der Waals surface area contributed by atoms with Crippen molar-refractivity contribution in [1.29, 1.82) is 0 Å². The number of anilines is 1. The molecule has 0 spiro atoms. The smallest absolute Gasteiger partial charge is 0.299 e. The summed E-state index contributed by atoms with van der Waals surface area (Å²) >= 11 is 5.56. The van der Waals surface area contributed by atoms with Gasteiger partial charge in [-0.2, -0.15) is 0 Å². The lowest BCUT2D eigenvalue weighted by Crippen LogP contribution is -2.31. The second-order valence-electron chi connectivity index (χ2n) is 3.65. The largest absolute Gasteiger partial charge is 0.396 e. The Labute approximate surface area is 102 Å². The van der Waals surface area contributed by atoms with Crippen molar-refractivity contribution in [2.24, 2.45) is 0 Å². The summed E-state index contributed by atoms with van der Waals surface area (Å²) in [6.07, 6.45) is 0.322.